The smallest absolute Gasteiger partial charge is 0.130 e. The van der Waals surface area contributed by atoms with E-state index in [2.05, 4.69) is 39.8 Å². The molecule has 0 radical (unpaired) electrons. The molecule has 0 bridgehead atoms. The molecule has 0 spiro atoms. The lowest BCUT2D eigenvalue weighted by Gasteiger charge is -2.05. The predicted octanol–water partition coefficient (Wildman–Crippen LogP) is 5.85. The van der Waals surface area contributed by atoms with Gasteiger partial charge in [-0.05, 0) is 58.8 Å². The fourth-order valence-electron chi connectivity index (χ4n) is 2.06. The molecule has 0 aromatic carbocycles. The highest BCUT2D eigenvalue weighted by atomic mass is 16.1. The molecule has 0 aliphatic rings. The minimum atomic E-state index is 0.282. The quantitative estimate of drug-likeness (QED) is 0.452. The molecule has 0 saturated carbocycles. The molecule has 0 aromatic heterocycles. The third-order valence-corrected chi connectivity index (χ3v) is 3.37. The van der Waals surface area contributed by atoms with E-state index in [1.54, 1.807) is 6.92 Å². The average molecular weight is 264 g/mol. The van der Waals surface area contributed by atoms with Gasteiger partial charge in [-0.3, -0.25) is 0 Å². The van der Waals surface area contributed by atoms with Gasteiger partial charge in [-0.1, -0.05) is 43.6 Å². The lowest BCUT2D eigenvalue weighted by molar-refractivity contribution is -0.116. The van der Waals surface area contributed by atoms with Crippen molar-refractivity contribution in [2.75, 3.05) is 0 Å². The molecule has 1 nitrogen and oxygen atoms in total. The monoisotopic (exact) mass is 264 g/mol. The molecule has 0 amide bonds. The molecule has 1 heteroatoms. The van der Waals surface area contributed by atoms with Crippen LogP contribution in [0.2, 0.25) is 0 Å². The molecule has 0 fully saturated rings. The summed E-state index contributed by atoms with van der Waals surface area (Å²) < 4.78 is 0. The minimum Gasteiger partial charge on any atom is -0.300 e. The Bertz CT molecular complexity index is 308. The molecule has 0 N–H and O–H groups in total. The van der Waals surface area contributed by atoms with E-state index < -0.39 is 0 Å². The van der Waals surface area contributed by atoms with Crippen LogP contribution in [-0.4, -0.2) is 5.78 Å². The number of ketones is 1. The summed E-state index contributed by atoms with van der Waals surface area (Å²) in [6.07, 6.45) is 12.3. The summed E-state index contributed by atoms with van der Waals surface area (Å²) in [5.41, 5.74) is 2.93. The van der Waals surface area contributed by atoms with E-state index in [4.69, 9.17) is 0 Å². The fourth-order valence-corrected chi connectivity index (χ4v) is 2.06. The van der Waals surface area contributed by atoms with E-state index in [1.807, 2.05) is 0 Å². The number of hydrogen-bond acceptors (Lipinski definition) is 1. The molecule has 0 unspecified atom stereocenters. The molecular weight excluding hydrogens is 232 g/mol. The van der Waals surface area contributed by atoms with Crippen LogP contribution in [-0.2, 0) is 4.79 Å². The van der Waals surface area contributed by atoms with Crippen LogP contribution >= 0.6 is 0 Å². The zero-order chi connectivity index (χ0) is 14.7. The van der Waals surface area contributed by atoms with Gasteiger partial charge in [0.2, 0.25) is 0 Å². The SMILES string of the molecule is CC(=O)CC/C=C(\C)CC/C=C(\C)CCCC(C)C. The summed E-state index contributed by atoms with van der Waals surface area (Å²) in [5.74, 6) is 1.10. The topological polar surface area (TPSA) is 17.1 Å². The van der Waals surface area contributed by atoms with Crippen LogP contribution in [0.4, 0.5) is 0 Å². The largest absolute Gasteiger partial charge is 0.300 e. The van der Waals surface area contributed by atoms with Crippen molar-refractivity contribution in [1.29, 1.82) is 0 Å². The number of rotatable bonds is 10. The van der Waals surface area contributed by atoms with Crippen molar-refractivity contribution in [3.63, 3.8) is 0 Å². The van der Waals surface area contributed by atoms with Gasteiger partial charge in [0.1, 0.15) is 5.78 Å². The Morgan fingerprint density at radius 3 is 1.95 bits per heavy atom. The molecule has 0 atom stereocenters. The van der Waals surface area contributed by atoms with Gasteiger partial charge in [-0.25, -0.2) is 0 Å². The third kappa shape index (κ3) is 13.4. The van der Waals surface area contributed by atoms with Crippen LogP contribution < -0.4 is 0 Å². The Labute approximate surface area is 120 Å². The van der Waals surface area contributed by atoms with E-state index in [-0.39, 0.29) is 5.78 Å². The van der Waals surface area contributed by atoms with Crippen LogP contribution in [0.1, 0.15) is 79.6 Å². The third-order valence-electron chi connectivity index (χ3n) is 3.37. The van der Waals surface area contributed by atoms with Crippen molar-refractivity contribution >= 4 is 5.78 Å². The second-order valence-electron chi connectivity index (χ2n) is 6.17. The van der Waals surface area contributed by atoms with Crippen LogP contribution in [0.3, 0.4) is 0 Å². The van der Waals surface area contributed by atoms with Gasteiger partial charge in [0.25, 0.3) is 0 Å². The van der Waals surface area contributed by atoms with Gasteiger partial charge in [0.15, 0.2) is 0 Å². The standard InChI is InChI=1S/C18H32O/c1-15(2)9-6-10-16(3)11-7-12-17(4)13-8-14-18(5)19/h11,13,15H,6-10,12,14H2,1-5H3/b16-11+,17-13+. The van der Waals surface area contributed by atoms with Gasteiger partial charge in [-0.15, -0.1) is 0 Å². The average Bonchev–Trinajstić information content (AvgIpc) is 2.27. The maximum atomic E-state index is 10.8. The molecule has 0 saturated heterocycles. The van der Waals surface area contributed by atoms with E-state index in [1.165, 1.54) is 30.4 Å². The van der Waals surface area contributed by atoms with Crippen molar-refractivity contribution in [3.05, 3.63) is 23.3 Å². The van der Waals surface area contributed by atoms with E-state index in [0.717, 1.165) is 25.2 Å². The van der Waals surface area contributed by atoms with Gasteiger partial charge in [0, 0.05) is 6.42 Å². The number of Topliss-reactive ketones (excluding diaryl/α,β-unsaturated/α-hetero) is 1. The lowest BCUT2D eigenvalue weighted by Crippen LogP contribution is -1.88. The summed E-state index contributed by atoms with van der Waals surface area (Å²) in [5, 5.41) is 0. The highest BCUT2D eigenvalue weighted by molar-refractivity contribution is 5.75. The van der Waals surface area contributed by atoms with Crippen LogP contribution in [0.25, 0.3) is 0 Å². The van der Waals surface area contributed by atoms with Crippen molar-refractivity contribution < 1.29 is 4.79 Å². The maximum Gasteiger partial charge on any atom is 0.130 e. The van der Waals surface area contributed by atoms with E-state index in [9.17, 15) is 4.79 Å². The first-order chi connectivity index (χ1) is 8.91. The van der Waals surface area contributed by atoms with Gasteiger partial charge in [-0.2, -0.15) is 0 Å². The van der Waals surface area contributed by atoms with Gasteiger partial charge < -0.3 is 4.79 Å². The first kappa shape index (κ1) is 18.1. The number of allylic oxidation sites excluding steroid dienone is 4. The van der Waals surface area contributed by atoms with Crippen LogP contribution in [0.15, 0.2) is 23.3 Å². The summed E-state index contributed by atoms with van der Waals surface area (Å²) >= 11 is 0. The Balaban J connectivity index is 3.77. The molecule has 0 heterocycles. The second-order valence-corrected chi connectivity index (χ2v) is 6.17. The van der Waals surface area contributed by atoms with E-state index >= 15 is 0 Å². The Hall–Kier alpha value is -0.850. The highest BCUT2D eigenvalue weighted by Gasteiger charge is 1.96. The van der Waals surface area contributed by atoms with Gasteiger partial charge >= 0.3 is 0 Å². The molecule has 0 aromatic rings. The summed E-state index contributed by atoms with van der Waals surface area (Å²) in [7, 11) is 0. The molecule has 0 aliphatic heterocycles. The number of hydrogen-bond donors (Lipinski definition) is 0. The van der Waals surface area contributed by atoms with Crippen molar-refractivity contribution in [2.24, 2.45) is 5.92 Å². The number of carbonyl (C=O) groups excluding carboxylic acids is 1. The van der Waals surface area contributed by atoms with Gasteiger partial charge in [0.05, 0.1) is 0 Å². The molecule has 0 aliphatic carbocycles. The van der Waals surface area contributed by atoms with E-state index in [0.29, 0.717) is 6.42 Å². The Morgan fingerprint density at radius 2 is 1.42 bits per heavy atom. The summed E-state index contributed by atoms with van der Waals surface area (Å²) in [6.45, 7) is 10.6. The zero-order valence-corrected chi connectivity index (χ0v) is 13.6. The normalized spacial score (nSPS) is 13.2. The summed E-state index contributed by atoms with van der Waals surface area (Å²) in [4.78, 5) is 10.8. The molecule has 0 rings (SSSR count). The maximum absolute atomic E-state index is 10.8. The second kappa shape index (κ2) is 11.0. The first-order valence-corrected chi connectivity index (χ1v) is 7.72. The zero-order valence-electron chi connectivity index (χ0n) is 13.6. The lowest BCUT2D eigenvalue weighted by atomic mass is 10.0. The molecular formula is C18H32O. The first-order valence-electron chi connectivity index (χ1n) is 7.72. The molecule has 19 heavy (non-hydrogen) atoms. The highest BCUT2D eigenvalue weighted by Crippen LogP contribution is 2.14. The predicted molar refractivity (Wildman–Crippen MR) is 85.4 cm³/mol. The van der Waals surface area contributed by atoms with Crippen molar-refractivity contribution in [1.82, 2.24) is 0 Å². The minimum absolute atomic E-state index is 0.282. The Morgan fingerprint density at radius 1 is 0.895 bits per heavy atom. The van der Waals surface area contributed by atoms with Crippen molar-refractivity contribution in [2.45, 2.75) is 79.6 Å². The van der Waals surface area contributed by atoms with Crippen LogP contribution in [0.5, 0.6) is 0 Å². The van der Waals surface area contributed by atoms with Crippen LogP contribution in [0, 0.1) is 5.92 Å². The fraction of sp³-hybridized carbons (Fsp3) is 0.722. The Kier molecular flexibility index (Phi) is 10.5. The van der Waals surface area contributed by atoms with Crippen molar-refractivity contribution in [3.8, 4) is 0 Å². The molecule has 110 valence electrons. The number of carbonyl (C=O) groups is 1. The summed E-state index contributed by atoms with van der Waals surface area (Å²) in [6, 6.07) is 0.